The number of aromatic nitrogens is 5. The third kappa shape index (κ3) is 4.27. The van der Waals surface area contributed by atoms with Crippen LogP contribution in [-0.4, -0.2) is 61.0 Å². The summed E-state index contributed by atoms with van der Waals surface area (Å²) in [7, 11) is 1.53. The van der Waals surface area contributed by atoms with E-state index in [1.54, 1.807) is 17.0 Å². The van der Waals surface area contributed by atoms with Crippen molar-refractivity contribution >= 4 is 51.7 Å². The molecule has 4 aromatic heterocycles. The van der Waals surface area contributed by atoms with Crippen molar-refractivity contribution in [2.75, 3.05) is 25.1 Å². The maximum absolute atomic E-state index is 15.0. The number of Topliss-reactive ketones (excluding diaryl/α,β-unsaturated/α-hetero) is 1. The molecule has 0 radical (unpaired) electrons. The highest BCUT2D eigenvalue weighted by molar-refractivity contribution is 7.08. The first-order chi connectivity index (χ1) is 17.2. The fourth-order valence-corrected chi connectivity index (χ4v) is 4.63. The number of carbonyl (C=O) groups is 2. The van der Waals surface area contributed by atoms with Gasteiger partial charge in [-0.25, -0.2) is 14.2 Å². The summed E-state index contributed by atoms with van der Waals surface area (Å²) in [6.45, 7) is 0.457. The highest BCUT2D eigenvalue weighted by Gasteiger charge is 2.35. The van der Waals surface area contributed by atoms with Gasteiger partial charge in [0.2, 0.25) is 15.8 Å². The topological polar surface area (TPSA) is 140 Å². The van der Waals surface area contributed by atoms with E-state index in [0.717, 1.165) is 23.8 Å². The summed E-state index contributed by atoms with van der Waals surface area (Å²) in [5.74, 6) is -2.16. The highest BCUT2D eigenvalue weighted by Crippen LogP contribution is 2.30. The molecule has 1 saturated heterocycles. The molecule has 0 spiro atoms. The number of methoxy groups -OCH3 is 1. The van der Waals surface area contributed by atoms with Crippen LogP contribution in [0.15, 0.2) is 35.4 Å². The fraction of sp³-hybridized carbons (Fsp3) is 0.227. The third-order valence-corrected chi connectivity index (χ3v) is 6.75. The Morgan fingerprint density at radius 3 is 2.69 bits per heavy atom. The first-order valence-electron chi connectivity index (χ1n) is 10.5. The molecule has 36 heavy (non-hydrogen) atoms. The zero-order valence-electron chi connectivity index (χ0n) is 18.5. The van der Waals surface area contributed by atoms with Gasteiger partial charge in [-0.05, 0) is 29.8 Å². The molecule has 1 aliphatic rings. The first kappa shape index (κ1) is 23.8. The van der Waals surface area contributed by atoms with Crippen LogP contribution in [0.3, 0.4) is 0 Å². The number of carbonyl (C=O) groups excluding carboxylic acids is 1. The number of carboxylic acid groups (broad SMARTS) is 1. The van der Waals surface area contributed by atoms with E-state index >= 15 is 4.39 Å². The standard InChI is InChI=1S/C22H16ClFN6O5S/c1-35-12-3-2-11(25-6-12)4-16(31)10-7-29(8-10)19-15(24)5-13-17(32)14(20(33)34)9-30(18(13)26-19)22-27-21(23)28-36-22/h2-3,5-6,9-10H,4,7-8H2,1H3,(H,33,34). The normalized spacial score (nSPS) is 13.6. The largest absolute Gasteiger partial charge is 0.495 e. The van der Waals surface area contributed by atoms with E-state index in [4.69, 9.17) is 16.3 Å². The minimum absolute atomic E-state index is 0.00794. The van der Waals surface area contributed by atoms with Crippen LogP contribution in [0.5, 0.6) is 5.75 Å². The monoisotopic (exact) mass is 530 g/mol. The van der Waals surface area contributed by atoms with E-state index in [1.165, 1.54) is 17.9 Å². The predicted octanol–water partition coefficient (Wildman–Crippen LogP) is 2.38. The molecule has 0 aromatic carbocycles. The minimum Gasteiger partial charge on any atom is -0.495 e. The SMILES string of the molecule is COc1ccc(CC(=O)C2CN(c3nc4c(cc3F)c(=O)c(C(=O)O)cn4-c3nc(Cl)ns3)C2)nc1. The van der Waals surface area contributed by atoms with E-state index in [9.17, 15) is 19.5 Å². The number of pyridine rings is 3. The first-order valence-corrected chi connectivity index (χ1v) is 11.7. The zero-order valence-corrected chi connectivity index (χ0v) is 20.1. The van der Waals surface area contributed by atoms with Gasteiger partial charge in [-0.2, -0.15) is 9.36 Å². The molecule has 4 aromatic rings. The van der Waals surface area contributed by atoms with E-state index in [-0.39, 0.29) is 58.5 Å². The number of aromatic carboxylic acids is 1. The Balaban J connectivity index is 1.44. The zero-order chi connectivity index (χ0) is 25.6. The second-order valence-corrected chi connectivity index (χ2v) is 9.06. The van der Waals surface area contributed by atoms with Crippen molar-refractivity contribution in [3.8, 4) is 10.9 Å². The molecular formula is C22H16ClFN6O5S. The number of nitrogens with zero attached hydrogens (tertiary/aromatic N) is 6. The van der Waals surface area contributed by atoms with Crippen LogP contribution in [-0.2, 0) is 11.2 Å². The van der Waals surface area contributed by atoms with Crippen LogP contribution in [0.4, 0.5) is 10.2 Å². The fourth-order valence-electron chi connectivity index (χ4n) is 3.84. The molecular weight excluding hydrogens is 515 g/mol. The molecule has 0 unspecified atom stereocenters. The molecule has 14 heteroatoms. The van der Waals surface area contributed by atoms with E-state index in [2.05, 4.69) is 19.3 Å². The lowest BCUT2D eigenvalue weighted by molar-refractivity contribution is -0.123. The van der Waals surface area contributed by atoms with Crippen LogP contribution in [0.25, 0.3) is 16.2 Å². The van der Waals surface area contributed by atoms with Gasteiger partial charge in [0.05, 0.1) is 24.6 Å². The second kappa shape index (κ2) is 9.24. The summed E-state index contributed by atoms with van der Waals surface area (Å²) in [4.78, 5) is 51.1. The maximum Gasteiger partial charge on any atom is 0.341 e. The summed E-state index contributed by atoms with van der Waals surface area (Å²) in [5.41, 5.74) is -0.870. The van der Waals surface area contributed by atoms with Gasteiger partial charge in [0.25, 0.3) is 0 Å². The molecule has 1 aliphatic heterocycles. The van der Waals surface area contributed by atoms with Gasteiger partial charge in [-0.1, -0.05) is 0 Å². The van der Waals surface area contributed by atoms with Gasteiger partial charge < -0.3 is 14.7 Å². The number of hydrogen-bond donors (Lipinski definition) is 1. The number of carboxylic acids is 1. The van der Waals surface area contributed by atoms with Gasteiger partial charge in [0.15, 0.2) is 17.3 Å². The van der Waals surface area contributed by atoms with Crippen molar-refractivity contribution in [1.82, 2.24) is 23.9 Å². The van der Waals surface area contributed by atoms with Crippen LogP contribution in [0.1, 0.15) is 16.1 Å². The van der Waals surface area contributed by atoms with Gasteiger partial charge in [-0.15, -0.1) is 0 Å². The molecule has 5 heterocycles. The molecule has 1 N–H and O–H groups in total. The van der Waals surface area contributed by atoms with E-state index in [0.29, 0.717) is 11.4 Å². The third-order valence-electron chi connectivity index (χ3n) is 5.77. The van der Waals surface area contributed by atoms with Crippen LogP contribution >= 0.6 is 23.1 Å². The smallest absolute Gasteiger partial charge is 0.341 e. The number of ketones is 1. The lowest BCUT2D eigenvalue weighted by atomic mass is 9.92. The number of fused-ring (bicyclic) bond motifs is 1. The van der Waals surface area contributed by atoms with E-state index in [1.807, 2.05) is 0 Å². The maximum atomic E-state index is 15.0. The van der Waals surface area contributed by atoms with Crippen molar-refractivity contribution in [1.29, 1.82) is 0 Å². The Kier molecular flexibility index (Phi) is 6.10. The quantitative estimate of drug-likeness (QED) is 0.378. The number of halogens is 2. The lowest BCUT2D eigenvalue weighted by Crippen LogP contribution is -2.51. The summed E-state index contributed by atoms with van der Waals surface area (Å²) in [6.07, 6.45) is 2.72. The average molecular weight is 531 g/mol. The van der Waals surface area contributed by atoms with Crippen LogP contribution < -0.4 is 15.1 Å². The second-order valence-electron chi connectivity index (χ2n) is 7.99. The van der Waals surface area contributed by atoms with Crippen molar-refractivity contribution in [3.63, 3.8) is 0 Å². The van der Waals surface area contributed by atoms with Crippen molar-refractivity contribution < 1.29 is 23.8 Å². The van der Waals surface area contributed by atoms with Gasteiger partial charge in [0, 0.05) is 42.9 Å². The highest BCUT2D eigenvalue weighted by atomic mass is 35.5. The lowest BCUT2D eigenvalue weighted by Gasteiger charge is -2.39. The molecule has 0 saturated carbocycles. The van der Waals surface area contributed by atoms with Crippen molar-refractivity contribution in [2.45, 2.75) is 6.42 Å². The average Bonchev–Trinajstić information content (AvgIpc) is 3.25. The number of rotatable bonds is 7. The Morgan fingerprint density at radius 2 is 2.08 bits per heavy atom. The number of hydrogen-bond acceptors (Lipinski definition) is 10. The minimum atomic E-state index is -1.48. The molecule has 0 amide bonds. The Labute approximate surface area is 210 Å². The van der Waals surface area contributed by atoms with E-state index < -0.39 is 22.8 Å². The Morgan fingerprint density at radius 1 is 1.31 bits per heavy atom. The summed E-state index contributed by atoms with van der Waals surface area (Å²) < 4.78 is 25.2. The Hall–Kier alpha value is -3.97. The molecule has 184 valence electrons. The molecule has 0 bridgehead atoms. The summed E-state index contributed by atoms with van der Waals surface area (Å²) >= 11 is 6.68. The number of anilines is 1. The summed E-state index contributed by atoms with van der Waals surface area (Å²) in [6, 6.07) is 4.38. The summed E-state index contributed by atoms with van der Waals surface area (Å²) in [5, 5.41) is 9.28. The number of ether oxygens (including phenoxy) is 1. The van der Waals surface area contributed by atoms with Crippen molar-refractivity contribution in [3.05, 3.63) is 63.2 Å². The van der Waals surface area contributed by atoms with Gasteiger partial charge in [-0.3, -0.25) is 19.1 Å². The van der Waals surface area contributed by atoms with Crippen molar-refractivity contribution in [2.24, 2.45) is 5.92 Å². The van der Waals surface area contributed by atoms with Gasteiger partial charge >= 0.3 is 5.97 Å². The van der Waals surface area contributed by atoms with Crippen LogP contribution in [0, 0.1) is 11.7 Å². The van der Waals surface area contributed by atoms with Crippen LogP contribution in [0.2, 0.25) is 5.28 Å². The van der Waals surface area contributed by atoms with Gasteiger partial charge in [0.1, 0.15) is 17.1 Å². The molecule has 11 nitrogen and oxygen atoms in total. The predicted molar refractivity (Wildman–Crippen MR) is 128 cm³/mol. The molecule has 0 atom stereocenters. The molecule has 1 fully saturated rings. The Bertz CT molecular complexity index is 1570. The molecule has 0 aliphatic carbocycles. The molecule has 5 rings (SSSR count).